The number of rotatable bonds is 28. The summed E-state index contributed by atoms with van der Waals surface area (Å²) in [6, 6.07) is 0. The van der Waals surface area contributed by atoms with Crippen LogP contribution in [0.5, 0.6) is 0 Å². The molecule has 1 unspecified atom stereocenters. The van der Waals surface area contributed by atoms with Gasteiger partial charge in [-0.2, -0.15) is 0 Å². The van der Waals surface area contributed by atoms with Crippen LogP contribution < -0.4 is 21.3 Å². The third-order valence-corrected chi connectivity index (χ3v) is 7.03. The molecule has 1 atom stereocenters. The van der Waals surface area contributed by atoms with Crippen molar-refractivity contribution in [2.75, 3.05) is 59.5 Å². The summed E-state index contributed by atoms with van der Waals surface area (Å²) < 4.78 is 11.1. The topological polar surface area (TPSA) is 121 Å². The molecule has 3 amide bonds. The fourth-order valence-electron chi connectivity index (χ4n) is 4.42. The molecule has 254 valence electrons. The van der Waals surface area contributed by atoms with E-state index < -0.39 is 17.8 Å². The molecular formula is C33H67N5O5. The van der Waals surface area contributed by atoms with Crippen LogP contribution in [0.3, 0.4) is 0 Å². The molecule has 0 aromatic carbocycles. The summed E-state index contributed by atoms with van der Waals surface area (Å²) in [5.74, 6) is -0.105. The number of carbonyl (C=O) groups is 3. The van der Waals surface area contributed by atoms with E-state index in [0.717, 1.165) is 32.4 Å². The van der Waals surface area contributed by atoms with Crippen molar-refractivity contribution in [3.8, 4) is 0 Å². The first-order valence-corrected chi connectivity index (χ1v) is 17.1. The highest BCUT2D eigenvalue weighted by molar-refractivity contribution is 5.76. The van der Waals surface area contributed by atoms with Gasteiger partial charge in [0.25, 0.3) is 0 Å². The summed E-state index contributed by atoms with van der Waals surface area (Å²) >= 11 is 0. The lowest BCUT2D eigenvalue weighted by Gasteiger charge is -2.21. The van der Waals surface area contributed by atoms with Gasteiger partial charge in [-0.3, -0.25) is 9.59 Å². The van der Waals surface area contributed by atoms with Crippen molar-refractivity contribution in [3.05, 3.63) is 0 Å². The van der Waals surface area contributed by atoms with Gasteiger partial charge >= 0.3 is 6.09 Å². The summed E-state index contributed by atoms with van der Waals surface area (Å²) in [7, 11) is 2.07. The van der Waals surface area contributed by atoms with E-state index in [0.29, 0.717) is 25.9 Å². The van der Waals surface area contributed by atoms with Crippen molar-refractivity contribution in [2.45, 2.75) is 136 Å². The molecule has 0 heterocycles. The molecule has 0 saturated carbocycles. The molecule has 4 N–H and O–H groups in total. The fraction of sp³-hybridized carbons (Fsp3) is 0.909. The molecule has 0 saturated heterocycles. The highest BCUT2D eigenvalue weighted by Crippen LogP contribution is 2.11. The highest BCUT2D eigenvalue weighted by atomic mass is 16.6. The standard InChI is InChI=1S/C33H67N5O5/c1-7-9-11-12-13-14-15-16-17-18-24-38(6)25-20-31(40)37-28-29(27-36-30(39)19-22-34-21-10-8-2)42-26-23-35-32(41)43-33(3,4)5/h29,34H,7-28H2,1-6H3,(H,35,41)(H,36,39)(H,37,40). The lowest BCUT2D eigenvalue weighted by Crippen LogP contribution is -2.43. The maximum absolute atomic E-state index is 12.5. The second-order valence-corrected chi connectivity index (χ2v) is 12.6. The lowest BCUT2D eigenvalue weighted by atomic mass is 10.1. The third-order valence-electron chi connectivity index (χ3n) is 7.03. The van der Waals surface area contributed by atoms with Gasteiger partial charge in [0, 0.05) is 45.6 Å². The second-order valence-electron chi connectivity index (χ2n) is 12.6. The predicted molar refractivity (Wildman–Crippen MR) is 176 cm³/mol. The average Bonchev–Trinajstić information content (AvgIpc) is 2.95. The Morgan fingerprint density at radius 1 is 0.674 bits per heavy atom. The molecule has 0 fully saturated rings. The highest BCUT2D eigenvalue weighted by Gasteiger charge is 2.17. The Hall–Kier alpha value is -1.91. The number of alkyl carbamates (subject to hydrolysis) is 1. The number of nitrogens with one attached hydrogen (secondary N) is 4. The van der Waals surface area contributed by atoms with Gasteiger partial charge in [-0.15, -0.1) is 0 Å². The van der Waals surface area contributed by atoms with Gasteiger partial charge in [-0.05, 0) is 53.8 Å². The van der Waals surface area contributed by atoms with Crippen molar-refractivity contribution in [3.63, 3.8) is 0 Å². The van der Waals surface area contributed by atoms with Gasteiger partial charge in [0.05, 0.1) is 12.7 Å². The Balaban J connectivity index is 4.32. The van der Waals surface area contributed by atoms with Crippen LogP contribution in [0.25, 0.3) is 0 Å². The average molecular weight is 614 g/mol. The predicted octanol–water partition coefficient (Wildman–Crippen LogP) is 5.15. The summed E-state index contributed by atoms with van der Waals surface area (Å²) in [4.78, 5) is 38.9. The molecule has 0 aliphatic heterocycles. The Morgan fingerprint density at radius 3 is 1.81 bits per heavy atom. The van der Waals surface area contributed by atoms with Crippen LogP contribution in [0.15, 0.2) is 0 Å². The molecule has 0 aliphatic carbocycles. The Bertz CT molecular complexity index is 702. The van der Waals surface area contributed by atoms with E-state index in [-0.39, 0.29) is 38.1 Å². The first-order valence-electron chi connectivity index (χ1n) is 17.1. The first-order chi connectivity index (χ1) is 20.6. The maximum atomic E-state index is 12.5. The van der Waals surface area contributed by atoms with E-state index in [4.69, 9.17) is 9.47 Å². The van der Waals surface area contributed by atoms with Crippen LogP contribution in [0.4, 0.5) is 4.79 Å². The van der Waals surface area contributed by atoms with E-state index >= 15 is 0 Å². The smallest absolute Gasteiger partial charge is 0.407 e. The number of unbranched alkanes of at least 4 members (excludes halogenated alkanes) is 10. The van der Waals surface area contributed by atoms with E-state index in [9.17, 15) is 14.4 Å². The van der Waals surface area contributed by atoms with Crippen LogP contribution >= 0.6 is 0 Å². The fourth-order valence-corrected chi connectivity index (χ4v) is 4.42. The maximum Gasteiger partial charge on any atom is 0.407 e. The molecular weight excluding hydrogens is 546 g/mol. The molecule has 0 rings (SSSR count). The Morgan fingerprint density at radius 2 is 1.23 bits per heavy atom. The van der Waals surface area contributed by atoms with Gasteiger partial charge in [0.1, 0.15) is 5.60 Å². The zero-order valence-corrected chi connectivity index (χ0v) is 28.6. The van der Waals surface area contributed by atoms with E-state index in [2.05, 4.69) is 47.1 Å². The summed E-state index contributed by atoms with van der Waals surface area (Å²) in [5.41, 5.74) is -0.575. The van der Waals surface area contributed by atoms with Gasteiger partial charge < -0.3 is 35.6 Å². The minimum atomic E-state index is -0.575. The van der Waals surface area contributed by atoms with Crippen molar-refractivity contribution >= 4 is 17.9 Å². The minimum absolute atomic E-state index is 0.0400. The van der Waals surface area contributed by atoms with Crippen LogP contribution in [0.2, 0.25) is 0 Å². The number of nitrogens with zero attached hydrogens (tertiary/aromatic N) is 1. The van der Waals surface area contributed by atoms with Crippen molar-refractivity contribution in [2.24, 2.45) is 0 Å². The monoisotopic (exact) mass is 614 g/mol. The van der Waals surface area contributed by atoms with Crippen molar-refractivity contribution in [1.29, 1.82) is 0 Å². The summed E-state index contributed by atoms with van der Waals surface area (Å²) in [6.45, 7) is 14.1. The molecule has 0 aliphatic rings. The SMILES string of the molecule is CCCCCCCCCCCCN(C)CCC(=O)NCC(CNC(=O)CCNCCCC)OCCNC(=O)OC(C)(C)C. The second kappa shape index (κ2) is 27.6. The van der Waals surface area contributed by atoms with Crippen molar-refractivity contribution < 1.29 is 23.9 Å². The van der Waals surface area contributed by atoms with E-state index in [1.54, 1.807) is 20.8 Å². The van der Waals surface area contributed by atoms with Gasteiger partial charge in [-0.1, -0.05) is 78.1 Å². The molecule has 43 heavy (non-hydrogen) atoms. The van der Waals surface area contributed by atoms with Crippen LogP contribution in [-0.2, 0) is 19.1 Å². The van der Waals surface area contributed by atoms with Crippen LogP contribution in [0, 0.1) is 0 Å². The lowest BCUT2D eigenvalue weighted by molar-refractivity contribution is -0.122. The third kappa shape index (κ3) is 29.9. The molecule has 10 heteroatoms. The zero-order chi connectivity index (χ0) is 32.2. The Labute approximate surface area is 263 Å². The van der Waals surface area contributed by atoms with Gasteiger partial charge in [-0.25, -0.2) is 4.79 Å². The molecule has 10 nitrogen and oxygen atoms in total. The van der Waals surface area contributed by atoms with E-state index in [1.807, 2.05) is 0 Å². The molecule has 0 spiro atoms. The number of ether oxygens (including phenoxy) is 2. The summed E-state index contributed by atoms with van der Waals surface area (Å²) in [6.07, 6.45) is 15.3. The normalized spacial score (nSPS) is 12.3. The van der Waals surface area contributed by atoms with Crippen LogP contribution in [0.1, 0.15) is 125 Å². The minimum Gasteiger partial charge on any atom is -0.444 e. The quantitative estimate of drug-likeness (QED) is 0.0901. The van der Waals surface area contributed by atoms with Gasteiger partial charge in [0.2, 0.25) is 11.8 Å². The van der Waals surface area contributed by atoms with Gasteiger partial charge in [0.15, 0.2) is 0 Å². The largest absolute Gasteiger partial charge is 0.444 e. The molecule has 0 aromatic heterocycles. The molecule has 0 radical (unpaired) electrons. The number of hydrogen-bond acceptors (Lipinski definition) is 7. The zero-order valence-electron chi connectivity index (χ0n) is 28.6. The first kappa shape index (κ1) is 41.1. The Kier molecular flexibility index (Phi) is 26.4. The van der Waals surface area contributed by atoms with E-state index in [1.165, 1.54) is 57.8 Å². The molecule has 0 bridgehead atoms. The van der Waals surface area contributed by atoms with Crippen LogP contribution in [-0.4, -0.2) is 94.0 Å². The van der Waals surface area contributed by atoms with Crippen molar-refractivity contribution in [1.82, 2.24) is 26.2 Å². The number of carbonyl (C=O) groups excluding carboxylic acids is 3. The number of hydrogen-bond donors (Lipinski definition) is 4. The molecule has 0 aromatic rings. The summed E-state index contributed by atoms with van der Waals surface area (Å²) in [5, 5.41) is 11.8. The number of amides is 3.